The minimum absolute atomic E-state index is 0.0387. The molecule has 2 amide bonds. The lowest BCUT2D eigenvalue weighted by Crippen LogP contribution is -2.39. The summed E-state index contributed by atoms with van der Waals surface area (Å²) in [6.07, 6.45) is -0.887. The summed E-state index contributed by atoms with van der Waals surface area (Å²) in [5.41, 5.74) is 0.541. The first-order valence-corrected chi connectivity index (χ1v) is 7.28. The number of ether oxygens (including phenoxy) is 1. The van der Waals surface area contributed by atoms with Crippen molar-refractivity contribution in [1.82, 2.24) is 10.6 Å². The monoisotopic (exact) mass is 318 g/mol. The molecule has 0 heterocycles. The van der Waals surface area contributed by atoms with Crippen LogP contribution >= 0.6 is 0 Å². The van der Waals surface area contributed by atoms with E-state index in [1.165, 1.54) is 24.3 Å². The molecule has 0 fully saturated rings. The zero-order valence-corrected chi connectivity index (χ0v) is 12.5. The Hall–Kier alpha value is -2.60. The zero-order chi connectivity index (χ0) is 16.5. The molecular formula is C17H19FN2O3. The Morgan fingerprint density at radius 1 is 1.09 bits per heavy atom. The van der Waals surface area contributed by atoms with Crippen molar-refractivity contribution >= 4 is 6.03 Å². The second-order valence-corrected chi connectivity index (χ2v) is 4.87. The molecule has 5 nitrogen and oxygen atoms in total. The average molecular weight is 318 g/mol. The smallest absolute Gasteiger partial charge is 0.315 e. The van der Waals surface area contributed by atoms with Gasteiger partial charge in [0.2, 0.25) is 0 Å². The molecule has 1 atom stereocenters. The van der Waals surface area contributed by atoms with Crippen molar-refractivity contribution in [2.45, 2.75) is 6.10 Å². The minimum Gasteiger partial charge on any atom is -0.492 e. The molecule has 122 valence electrons. The molecule has 0 aromatic heterocycles. The fourth-order valence-electron chi connectivity index (χ4n) is 1.90. The summed E-state index contributed by atoms with van der Waals surface area (Å²) in [4.78, 5) is 11.6. The Balaban J connectivity index is 1.62. The van der Waals surface area contributed by atoms with Crippen molar-refractivity contribution in [2.75, 3.05) is 19.7 Å². The number of benzene rings is 2. The highest BCUT2D eigenvalue weighted by Crippen LogP contribution is 2.12. The van der Waals surface area contributed by atoms with Crippen LogP contribution in [0.1, 0.15) is 11.7 Å². The molecule has 2 rings (SSSR count). The summed E-state index contributed by atoms with van der Waals surface area (Å²) in [7, 11) is 0. The van der Waals surface area contributed by atoms with Crippen LogP contribution in [0, 0.1) is 5.82 Å². The van der Waals surface area contributed by atoms with Gasteiger partial charge in [-0.3, -0.25) is 0 Å². The summed E-state index contributed by atoms with van der Waals surface area (Å²) >= 11 is 0. The van der Waals surface area contributed by atoms with Gasteiger partial charge in [0.15, 0.2) is 0 Å². The maximum absolute atomic E-state index is 12.8. The van der Waals surface area contributed by atoms with E-state index in [0.29, 0.717) is 18.7 Å². The third-order valence-corrected chi connectivity index (χ3v) is 3.11. The fraction of sp³-hybridized carbons (Fsp3) is 0.235. The number of para-hydroxylation sites is 1. The van der Waals surface area contributed by atoms with Gasteiger partial charge in [-0.2, -0.15) is 0 Å². The normalized spacial score (nSPS) is 11.6. The van der Waals surface area contributed by atoms with Gasteiger partial charge < -0.3 is 20.5 Å². The van der Waals surface area contributed by atoms with E-state index in [1.54, 1.807) is 0 Å². The molecule has 2 aromatic rings. The Kier molecular flexibility index (Phi) is 6.38. The molecule has 0 aliphatic rings. The Morgan fingerprint density at radius 2 is 1.78 bits per heavy atom. The topological polar surface area (TPSA) is 70.6 Å². The first-order valence-electron chi connectivity index (χ1n) is 7.28. The number of carbonyl (C=O) groups excluding carboxylic acids is 1. The van der Waals surface area contributed by atoms with Gasteiger partial charge in [-0.15, -0.1) is 0 Å². The summed E-state index contributed by atoms with van der Waals surface area (Å²) in [5, 5.41) is 15.1. The van der Waals surface area contributed by atoms with Gasteiger partial charge in [0.05, 0.1) is 12.6 Å². The third kappa shape index (κ3) is 5.96. The number of aliphatic hydroxyl groups is 1. The molecule has 0 radical (unpaired) electrons. The van der Waals surface area contributed by atoms with Crippen LogP contribution in [0.2, 0.25) is 0 Å². The molecule has 2 aromatic carbocycles. The molecule has 0 aliphatic carbocycles. The van der Waals surface area contributed by atoms with Crippen molar-refractivity contribution in [2.24, 2.45) is 0 Å². The van der Waals surface area contributed by atoms with Crippen molar-refractivity contribution in [3.05, 3.63) is 66.0 Å². The van der Waals surface area contributed by atoms with E-state index in [2.05, 4.69) is 10.6 Å². The standard InChI is InChI=1S/C17H19FN2O3/c18-14-8-6-13(7-9-14)16(21)12-20-17(22)19-10-11-23-15-4-2-1-3-5-15/h1-9,16,21H,10-12H2,(H2,19,20,22). The highest BCUT2D eigenvalue weighted by atomic mass is 19.1. The molecule has 0 spiro atoms. The molecule has 23 heavy (non-hydrogen) atoms. The summed E-state index contributed by atoms with van der Waals surface area (Å²) in [5.74, 6) is 0.367. The predicted octanol–water partition coefficient (Wildman–Crippen LogP) is 2.24. The van der Waals surface area contributed by atoms with Crippen LogP contribution in [0.25, 0.3) is 0 Å². The van der Waals surface area contributed by atoms with Gasteiger partial charge in [-0.25, -0.2) is 9.18 Å². The van der Waals surface area contributed by atoms with E-state index in [9.17, 15) is 14.3 Å². The van der Waals surface area contributed by atoms with Gasteiger partial charge in [0.1, 0.15) is 18.2 Å². The van der Waals surface area contributed by atoms with E-state index < -0.39 is 12.1 Å². The summed E-state index contributed by atoms with van der Waals surface area (Å²) < 4.78 is 18.2. The highest BCUT2D eigenvalue weighted by Gasteiger charge is 2.09. The van der Waals surface area contributed by atoms with Gasteiger partial charge in [-0.1, -0.05) is 30.3 Å². The molecular weight excluding hydrogens is 299 g/mol. The lowest BCUT2D eigenvalue weighted by molar-refractivity contribution is 0.172. The number of halogens is 1. The SMILES string of the molecule is O=C(NCCOc1ccccc1)NCC(O)c1ccc(F)cc1. The van der Waals surface area contributed by atoms with Gasteiger partial charge >= 0.3 is 6.03 Å². The van der Waals surface area contributed by atoms with Crippen LogP contribution in [-0.4, -0.2) is 30.8 Å². The van der Waals surface area contributed by atoms with E-state index in [1.807, 2.05) is 30.3 Å². The van der Waals surface area contributed by atoms with Crippen LogP contribution in [0.3, 0.4) is 0 Å². The molecule has 0 aliphatic heterocycles. The van der Waals surface area contributed by atoms with Crippen molar-refractivity contribution in [3.8, 4) is 5.75 Å². The summed E-state index contributed by atoms with van der Waals surface area (Å²) in [6.45, 7) is 0.725. The third-order valence-electron chi connectivity index (χ3n) is 3.11. The number of urea groups is 1. The fourth-order valence-corrected chi connectivity index (χ4v) is 1.90. The highest BCUT2D eigenvalue weighted by molar-refractivity contribution is 5.73. The number of hydrogen-bond acceptors (Lipinski definition) is 3. The number of carbonyl (C=O) groups is 1. The molecule has 0 saturated carbocycles. The largest absolute Gasteiger partial charge is 0.492 e. The van der Waals surface area contributed by atoms with Gasteiger partial charge in [-0.05, 0) is 29.8 Å². The number of nitrogens with one attached hydrogen (secondary N) is 2. The molecule has 6 heteroatoms. The first-order chi connectivity index (χ1) is 11.1. The average Bonchev–Trinajstić information content (AvgIpc) is 2.58. The van der Waals surface area contributed by atoms with Crippen LogP contribution in [0.4, 0.5) is 9.18 Å². The van der Waals surface area contributed by atoms with E-state index in [4.69, 9.17) is 4.74 Å². The molecule has 3 N–H and O–H groups in total. The molecule has 1 unspecified atom stereocenters. The first kappa shape index (κ1) is 16.8. The van der Waals surface area contributed by atoms with Crippen molar-refractivity contribution < 1.29 is 19.0 Å². The number of amides is 2. The molecule has 0 saturated heterocycles. The van der Waals surface area contributed by atoms with Gasteiger partial charge in [0.25, 0.3) is 0 Å². The van der Waals surface area contributed by atoms with Crippen LogP contribution in [0.15, 0.2) is 54.6 Å². The maximum Gasteiger partial charge on any atom is 0.315 e. The second-order valence-electron chi connectivity index (χ2n) is 4.87. The Labute approximate surface area is 134 Å². The quantitative estimate of drug-likeness (QED) is 0.686. The van der Waals surface area contributed by atoms with Crippen LogP contribution in [0.5, 0.6) is 5.75 Å². The van der Waals surface area contributed by atoms with E-state index in [0.717, 1.165) is 5.75 Å². The Morgan fingerprint density at radius 3 is 2.48 bits per heavy atom. The Bertz CT molecular complexity index is 605. The molecule has 0 bridgehead atoms. The zero-order valence-electron chi connectivity index (χ0n) is 12.5. The number of rotatable bonds is 7. The van der Waals surface area contributed by atoms with Crippen LogP contribution in [-0.2, 0) is 0 Å². The van der Waals surface area contributed by atoms with Crippen LogP contribution < -0.4 is 15.4 Å². The lowest BCUT2D eigenvalue weighted by atomic mass is 10.1. The summed E-state index contributed by atoms with van der Waals surface area (Å²) in [6, 6.07) is 14.4. The van der Waals surface area contributed by atoms with Gasteiger partial charge in [0, 0.05) is 6.54 Å². The maximum atomic E-state index is 12.8. The number of aliphatic hydroxyl groups excluding tert-OH is 1. The van der Waals surface area contributed by atoms with E-state index >= 15 is 0 Å². The minimum atomic E-state index is -0.887. The lowest BCUT2D eigenvalue weighted by Gasteiger charge is -2.13. The predicted molar refractivity (Wildman–Crippen MR) is 84.7 cm³/mol. The van der Waals surface area contributed by atoms with Crippen molar-refractivity contribution in [1.29, 1.82) is 0 Å². The second kappa shape index (κ2) is 8.75. The van der Waals surface area contributed by atoms with E-state index in [-0.39, 0.29) is 12.4 Å². The van der Waals surface area contributed by atoms with Crippen molar-refractivity contribution in [3.63, 3.8) is 0 Å². The number of hydrogen-bond donors (Lipinski definition) is 3.